The average Bonchev–Trinajstić information content (AvgIpc) is 2.72. The van der Waals surface area contributed by atoms with Gasteiger partial charge in [0.05, 0.1) is 34.0 Å². The summed E-state index contributed by atoms with van der Waals surface area (Å²) in [6.07, 6.45) is 1.60. The molecule has 0 aliphatic rings. The Kier molecular flexibility index (Phi) is 3.74. The number of rotatable bonds is 4. The molecule has 0 saturated carbocycles. The molecular formula is C10H12ClN5O2S. The van der Waals surface area contributed by atoms with Crippen LogP contribution in [0.1, 0.15) is 5.69 Å². The molecule has 2 aromatic rings. The summed E-state index contributed by atoms with van der Waals surface area (Å²) in [6, 6.07) is 4.22. The van der Waals surface area contributed by atoms with Crippen molar-refractivity contribution >= 4 is 27.3 Å². The first-order valence-corrected chi connectivity index (χ1v) is 7.20. The Bertz CT molecular complexity index is 698. The molecule has 0 aliphatic heterocycles. The lowest BCUT2D eigenvalue weighted by atomic mass is 10.3. The number of aromatic nitrogens is 3. The molecule has 1 aromatic carbocycles. The minimum absolute atomic E-state index is 0.00234. The van der Waals surface area contributed by atoms with Crippen LogP contribution in [0.4, 0.5) is 5.69 Å². The number of hydrogen-bond acceptors (Lipinski definition) is 5. The van der Waals surface area contributed by atoms with Gasteiger partial charge in [-0.25, -0.2) is 13.6 Å². The zero-order valence-corrected chi connectivity index (χ0v) is 11.6. The largest absolute Gasteiger partial charge is 0.378 e. The van der Waals surface area contributed by atoms with E-state index in [0.717, 1.165) is 5.69 Å². The van der Waals surface area contributed by atoms with Crippen molar-refractivity contribution in [3.63, 3.8) is 0 Å². The average molecular weight is 302 g/mol. The lowest BCUT2D eigenvalue weighted by molar-refractivity contribution is 0.598. The molecule has 0 fully saturated rings. The lowest BCUT2D eigenvalue weighted by Gasteiger charge is -2.09. The van der Waals surface area contributed by atoms with Gasteiger partial charge < -0.3 is 5.32 Å². The first-order valence-electron chi connectivity index (χ1n) is 5.27. The van der Waals surface area contributed by atoms with Crippen LogP contribution in [0.5, 0.6) is 0 Å². The number of halogens is 1. The number of aryl methyl sites for hydroxylation is 1. The maximum absolute atomic E-state index is 11.3. The number of benzene rings is 1. The molecule has 0 bridgehead atoms. The molecule has 0 saturated heterocycles. The van der Waals surface area contributed by atoms with Crippen molar-refractivity contribution in [2.24, 2.45) is 12.2 Å². The molecule has 1 aromatic heterocycles. The number of primary sulfonamides is 1. The predicted molar refractivity (Wildman–Crippen MR) is 71.2 cm³/mol. The molecule has 0 aliphatic carbocycles. The lowest BCUT2D eigenvalue weighted by Crippen LogP contribution is -2.13. The highest BCUT2D eigenvalue weighted by Crippen LogP contribution is 2.25. The normalized spacial score (nSPS) is 11.5. The summed E-state index contributed by atoms with van der Waals surface area (Å²) < 4.78 is 24.1. The molecule has 3 N–H and O–H groups in total. The minimum atomic E-state index is -3.75. The van der Waals surface area contributed by atoms with Gasteiger partial charge in [-0.15, -0.1) is 5.10 Å². The Morgan fingerprint density at radius 2 is 2.21 bits per heavy atom. The quantitative estimate of drug-likeness (QED) is 0.866. The molecule has 7 nitrogen and oxygen atoms in total. The summed E-state index contributed by atoms with van der Waals surface area (Å²) >= 11 is 5.99. The smallest absolute Gasteiger partial charge is 0.238 e. The van der Waals surface area contributed by atoms with E-state index in [1.54, 1.807) is 17.9 Å². The van der Waals surface area contributed by atoms with Crippen LogP contribution in [0, 0.1) is 0 Å². The first-order chi connectivity index (χ1) is 8.88. The molecular weight excluding hydrogens is 290 g/mol. The third-order valence-corrected chi connectivity index (χ3v) is 3.78. The van der Waals surface area contributed by atoms with Gasteiger partial charge in [0.15, 0.2) is 0 Å². The topological polar surface area (TPSA) is 103 Å². The number of nitrogens with zero attached hydrogens (tertiary/aromatic N) is 3. The van der Waals surface area contributed by atoms with Gasteiger partial charge in [0.1, 0.15) is 0 Å². The van der Waals surface area contributed by atoms with E-state index >= 15 is 0 Å². The van der Waals surface area contributed by atoms with Crippen molar-refractivity contribution in [1.29, 1.82) is 0 Å². The van der Waals surface area contributed by atoms with Crippen LogP contribution < -0.4 is 10.5 Å². The Labute approximate surface area is 115 Å². The van der Waals surface area contributed by atoms with Gasteiger partial charge in [0.2, 0.25) is 10.0 Å². The van der Waals surface area contributed by atoms with Crippen LogP contribution in [0.2, 0.25) is 5.02 Å². The minimum Gasteiger partial charge on any atom is -0.378 e. The molecule has 0 amide bonds. The number of nitrogens with one attached hydrogen (secondary N) is 1. The zero-order chi connectivity index (χ0) is 14.0. The van der Waals surface area contributed by atoms with Gasteiger partial charge in [-0.1, -0.05) is 16.8 Å². The Morgan fingerprint density at radius 3 is 2.79 bits per heavy atom. The Hall–Kier alpha value is -1.64. The molecule has 2 rings (SSSR count). The summed E-state index contributed by atoms with van der Waals surface area (Å²) in [5, 5.41) is 16.0. The molecule has 0 unspecified atom stereocenters. The fraction of sp³-hybridized carbons (Fsp3) is 0.200. The molecule has 0 radical (unpaired) electrons. The van der Waals surface area contributed by atoms with Crippen LogP contribution in [0.25, 0.3) is 0 Å². The van der Waals surface area contributed by atoms with Crippen LogP contribution in [0.15, 0.2) is 29.3 Å². The fourth-order valence-corrected chi connectivity index (χ4v) is 2.20. The molecule has 0 atom stereocenters. The second-order valence-corrected chi connectivity index (χ2v) is 5.86. The first kappa shape index (κ1) is 13.8. The van der Waals surface area contributed by atoms with Crippen molar-refractivity contribution < 1.29 is 8.42 Å². The van der Waals surface area contributed by atoms with E-state index < -0.39 is 10.0 Å². The van der Waals surface area contributed by atoms with E-state index in [9.17, 15) is 8.42 Å². The van der Waals surface area contributed by atoms with Crippen LogP contribution >= 0.6 is 11.6 Å². The predicted octanol–water partition coefficient (Wildman–Crippen LogP) is 0.728. The van der Waals surface area contributed by atoms with Crippen molar-refractivity contribution in [3.05, 3.63) is 35.1 Å². The molecule has 1 heterocycles. The number of nitrogens with two attached hydrogens (primary N) is 1. The fourth-order valence-electron chi connectivity index (χ4n) is 1.47. The van der Waals surface area contributed by atoms with Gasteiger partial charge in [-0.3, -0.25) is 4.68 Å². The summed E-state index contributed by atoms with van der Waals surface area (Å²) in [7, 11) is -1.99. The third-order valence-electron chi connectivity index (χ3n) is 2.53. The van der Waals surface area contributed by atoms with Gasteiger partial charge in [-0.2, -0.15) is 0 Å². The van der Waals surface area contributed by atoms with Crippen LogP contribution in [-0.4, -0.2) is 23.4 Å². The summed E-state index contributed by atoms with van der Waals surface area (Å²) in [5.41, 5.74) is 1.31. The molecule has 9 heteroatoms. The second kappa shape index (κ2) is 5.16. The van der Waals surface area contributed by atoms with Crippen molar-refractivity contribution in [2.75, 3.05) is 5.32 Å². The Balaban J connectivity index is 2.23. The molecule has 19 heavy (non-hydrogen) atoms. The number of hydrogen-bond donors (Lipinski definition) is 2. The Morgan fingerprint density at radius 1 is 1.47 bits per heavy atom. The molecule has 0 spiro atoms. The van der Waals surface area contributed by atoms with Crippen LogP contribution in [0.3, 0.4) is 0 Å². The van der Waals surface area contributed by atoms with Gasteiger partial charge in [-0.05, 0) is 18.2 Å². The molecule has 102 valence electrons. The van der Waals surface area contributed by atoms with Crippen molar-refractivity contribution in [2.45, 2.75) is 11.4 Å². The summed E-state index contributed by atoms with van der Waals surface area (Å²) in [4.78, 5) is 0.00234. The monoisotopic (exact) mass is 301 g/mol. The maximum Gasteiger partial charge on any atom is 0.238 e. The standard InChI is InChI=1S/C10H12ClN5O2S/c1-16-7(6-14-15-16)5-13-10-4-8(19(12,17)18)2-3-9(10)11/h2-4,6,13H,5H2,1H3,(H2,12,17,18). The highest BCUT2D eigenvalue weighted by atomic mass is 35.5. The zero-order valence-electron chi connectivity index (χ0n) is 10.0. The maximum atomic E-state index is 11.3. The van der Waals surface area contributed by atoms with Crippen molar-refractivity contribution in [3.8, 4) is 0 Å². The van der Waals surface area contributed by atoms with Gasteiger partial charge in [0.25, 0.3) is 0 Å². The second-order valence-electron chi connectivity index (χ2n) is 3.89. The van der Waals surface area contributed by atoms with Gasteiger partial charge in [0, 0.05) is 7.05 Å². The van der Waals surface area contributed by atoms with E-state index in [1.807, 2.05) is 0 Å². The van der Waals surface area contributed by atoms with E-state index in [-0.39, 0.29) is 4.90 Å². The van der Waals surface area contributed by atoms with E-state index in [1.165, 1.54) is 18.2 Å². The highest BCUT2D eigenvalue weighted by molar-refractivity contribution is 7.89. The summed E-state index contributed by atoms with van der Waals surface area (Å²) in [5.74, 6) is 0. The SMILES string of the molecule is Cn1nncc1CNc1cc(S(N)(=O)=O)ccc1Cl. The van der Waals surface area contributed by atoms with E-state index in [2.05, 4.69) is 15.6 Å². The number of anilines is 1. The third kappa shape index (κ3) is 3.22. The van der Waals surface area contributed by atoms with Crippen molar-refractivity contribution in [1.82, 2.24) is 15.0 Å². The summed E-state index contributed by atoms with van der Waals surface area (Å²) in [6.45, 7) is 0.414. The highest BCUT2D eigenvalue weighted by Gasteiger charge is 2.11. The van der Waals surface area contributed by atoms with Crippen LogP contribution in [-0.2, 0) is 23.6 Å². The van der Waals surface area contributed by atoms with E-state index in [4.69, 9.17) is 16.7 Å². The number of sulfonamides is 1. The van der Waals surface area contributed by atoms with E-state index in [0.29, 0.717) is 17.3 Å². The van der Waals surface area contributed by atoms with Gasteiger partial charge >= 0.3 is 0 Å².